The van der Waals surface area contributed by atoms with Crippen molar-refractivity contribution in [3.8, 4) is 0 Å². The van der Waals surface area contributed by atoms with E-state index in [-0.39, 0.29) is 0 Å². The van der Waals surface area contributed by atoms with Gasteiger partial charge >= 0.3 is 0 Å². The Bertz CT molecular complexity index is 114. The van der Waals surface area contributed by atoms with Gasteiger partial charge in [-0.2, -0.15) is 0 Å². The standard InChI is InChI=1S/C7H12O/c1-7-2-5(3-7)6(7)4-8/h5-6,8H,2-4H2,1H3. The lowest BCUT2D eigenvalue weighted by Crippen LogP contribution is -2.60. The van der Waals surface area contributed by atoms with Gasteiger partial charge in [0.1, 0.15) is 0 Å². The lowest BCUT2D eigenvalue weighted by molar-refractivity contribution is -0.192. The van der Waals surface area contributed by atoms with Crippen LogP contribution in [0.25, 0.3) is 0 Å². The van der Waals surface area contributed by atoms with E-state index < -0.39 is 0 Å². The van der Waals surface area contributed by atoms with Gasteiger partial charge in [0.15, 0.2) is 0 Å². The summed E-state index contributed by atoms with van der Waals surface area (Å²) in [5, 5.41) is 8.75. The maximum Gasteiger partial charge on any atom is 0.0467 e. The van der Waals surface area contributed by atoms with Crippen LogP contribution in [0.2, 0.25) is 0 Å². The first-order chi connectivity index (χ1) is 3.76. The van der Waals surface area contributed by atoms with Crippen molar-refractivity contribution in [2.24, 2.45) is 17.3 Å². The average molecular weight is 112 g/mol. The van der Waals surface area contributed by atoms with Crippen molar-refractivity contribution in [3.63, 3.8) is 0 Å². The molecule has 0 aliphatic heterocycles. The van der Waals surface area contributed by atoms with Crippen LogP contribution in [0.3, 0.4) is 0 Å². The molecule has 3 saturated carbocycles. The van der Waals surface area contributed by atoms with Crippen LogP contribution >= 0.6 is 0 Å². The van der Waals surface area contributed by atoms with Crippen LogP contribution in [0, 0.1) is 17.3 Å². The zero-order chi connectivity index (χ0) is 5.78. The fraction of sp³-hybridized carbons (Fsp3) is 1.00. The smallest absolute Gasteiger partial charge is 0.0467 e. The van der Waals surface area contributed by atoms with Crippen LogP contribution in [0.15, 0.2) is 0 Å². The zero-order valence-corrected chi connectivity index (χ0v) is 5.22. The molecule has 0 radical (unpaired) electrons. The molecule has 0 aromatic carbocycles. The maximum absolute atomic E-state index is 8.75. The summed E-state index contributed by atoms with van der Waals surface area (Å²) in [4.78, 5) is 0. The van der Waals surface area contributed by atoms with Crippen molar-refractivity contribution >= 4 is 0 Å². The van der Waals surface area contributed by atoms with Crippen molar-refractivity contribution in [1.29, 1.82) is 0 Å². The van der Waals surface area contributed by atoms with E-state index >= 15 is 0 Å². The molecule has 1 unspecified atom stereocenters. The minimum Gasteiger partial charge on any atom is -0.396 e. The van der Waals surface area contributed by atoms with Gasteiger partial charge in [-0.3, -0.25) is 0 Å². The first kappa shape index (κ1) is 4.80. The van der Waals surface area contributed by atoms with E-state index in [1.165, 1.54) is 12.8 Å². The van der Waals surface area contributed by atoms with Gasteiger partial charge in [-0.05, 0) is 30.1 Å². The topological polar surface area (TPSA) is 20.2 Å². The van der Waals surface area contributed by atoms with Crippen molar-refractivity contribution in [2.75, 3.05) is 6.61 Å². The molecule has 3 aliphatic rings. The normalized spacial score (nSPS) is 59.2. The van der Waals surface area contributed by atoms with Crippen LogP contribution in [0.4, 0.5) is 0 Å². The Morgan fingerprint density at radius 2 is 2.25 bits per heavy atom. The molecule has 0 heterocycles. The average Bonchev–Trinajstić information content (AvgIpc) is 1.62. The Labute approximate surface area is 49.7 Å². The summed E-state index contributed by atoms with van der Waals surface area (Å²) in [6, 6.07) is 0. The minimum atomic E-state index is 0.432. The van der Waals surface area contributed by atoms with Gasteiger partial charge < -0.3 is 5.11 Å². The second-order valence-corrected chi connectivity index (χ2v) is 3.61. The fourth-order valence-electron chi connectivity index (χ4n) is 2.34. The number of hydrogen-bond acceptors (Lipinski definition) is 1. The molecule has 8 heavy (non-hydrogen) atoms. The highest BCUT2D eigenvalue weighted by molar-refractivity contribution is 5.10. The monoisotopic (exact) mass is 112 g/mol. The fourth-order valence-corrected chi connectivity index (χ4v) is 2.34. The van der Waals surface area contributed by atoms with Crippen LogP contribution in [0.1, 0.15) is 19.8 Å². The lowest BCUT2D eigenvalue weighted by atomic mass is 9.39. The van der Waals surface area contributed by atoms with Gasteiger partial charge in [0.05, 0.1) is 0 Å². The Morgan fingerprint density at radius 3 is 2.25 bits per heavy atom. The van der Waals surface area contributed by atoms with Gasteiger partial charge in [0, 0.05) is 6.61 Å². The summed E-state index contributed by atoms with van der Waals surface area (Å²) in [6.07, 6.45) is 2.77. The Morgan fingerprint density at radius 1 is 1.62 bits per heavy atom. The van der Waals surface area contributed by atoms with E-state index in [1.54, 1.807) is 0 Å². The summed E-state index contributed by atoms with van der Waals surface area (Å²) in [5.41, 5.74) is 0.583. The van der Waals surface area contributed by atoms with Crippen molar-refractivity contribution in [2.45, 2.75) is 19.8 Å². The quantitative estimate of drug-likeness (QED) is 0.537. The van der Waals surface area contributed by atoms with E-state index in [1.807, 2.05) is 0 Å². The summed E-state index contributed by atoms with van der Waals surface area (Å²) in [6.45, 7) is 2.72. The number of hydrogen-bond donors (Lipinski definition) is 1. The van der Waals surface area contributed by atoms with Gasteiger partial charge in [0.25, 0.3) is 0 Å². The molecule has 1 heteroatoms. The maximum atomic E-state index is 8.75. The highest BCUT2D eigenvalue weighted by Gasteiger charge is 2.61. The predicted octanol–water partition coefficient (Wildman–Crippen LogP) is 1.02. The van der Waals surface area contributed by atoms with E-state index in [4.69, 9.17) is 5.11 Å². The summed E-state index contributed by atoms with van der Waals surface area (Å²) in [5.74, 6) is 1.59. The van der Waals surface area contributed by atoms with Crippen molar-refractivity contribution in [3.05, 3.63) is 0 Å². The second-order valence-electron chi connectivity index (χ2n) is 3.61. The van der Waals surface area contributed by atoms with E-state index in [0.717, 1.165) is 5.92 Å². The SMILES string of the molecule is CC12CC(C1)C2CO. The Balaban J connectivity index is 2.04. The first-order valence-corrected chi connectivity index (χ1v) is 3.37. The molecule has 3 fully saturated rings. The third kappa shape index (κ3) is 0.304. The first-order valence-electron chi connectivity index (χ1n) is 3.37. The zero-order valence-electron chi connectivity index (χ0n) is 5.22. The molecule has 3 aliphatic carbocycles. The summed E-state index contributed by atoms with van der Waals surface area (Å²) >= 11 is 0. The number of aliphatic hydroxyl groups excluding tert-OH is 1. The molecular formula is C7H12O. The largest absolute Gasteiger partial charge is 0.396 e. The lowest BCUT2D eigenvalue weighted by Gasteiger charge is -2.66. The van der Waals surface area contributed by atoms with Gasteiger partial charge in [-0.25, -0.2) is 0 Å². The molecule has 3 rings (SSSR count). The van der Waals surface area contributed by atoms with Crippen LogP contribution in [-0.4, -0.2) is 11.7 Å². The van der Waals surface area contributed by atoms with E-state index in [2.05, 4.69) is 6.92 Å². The highest BCUT2D eigenvalue weighted by atomic mass is 16.3. The molecule has 2 bridgehead atoms. The molecule has 0 aromatic rings. The molecule has 0 spiro atoms. The molecule has 0 saturated heterocycles. The molecule has 1 N–H and O–H groups in total. The summed E-state index contributed by atoms with van der Waals surface area (Å²) in [7, 11) is 0. The molecule has 46 valence electrons. The van der Waals surface area contributed by atoms with Gasteiger partial charge in [0.2, 0.25) is 0 Å². The number of aliphatic hydroxyl groups is 1. The number of rotatable bonds is 1. The molecule has 1 nitrogen and oxygen atoms in total. The third-order valence-electron chi connectivity index (χ3n) is 3.12. The van der Waals surface area contributed by atoms with Gasteiger partial charge in [-0.15, -0.1) is 0 Å². The van der Waals surface area contributed by atoms with Crippen molar-refractivity contribution in [1.82, 2.24) is 0 Å². The van der Waals surface area contributed by atoms with Crippen LogP contribution in [-0.2, 0) is 0 Å². The van der Waals surface area contributed by atoms with E-state index in [9.17, 15) is 0 Å². The Hall–Kier alpha value is -0.0400. The summed E-state index contributed by atoms with van der Waals surface area (Å²) < 4.78 is 0. The molecule has 1 atom stereocenters. The molecule has 0 amide bonds. The third-order valence-corrected chi connectivity index (χ3v) is 3.12. The van der Waals surface area contributed by atoms with E-state index in [0.29, 0.717) is 17.9 Å². The molecule has 0 aromatic heterocycles. The second kappa shape index (κ2) is 1.10. The van der Waals surface area contributed by atoms with Gasteiger partial charge in [-0.1, -0.05) is 6.92 Å². The van der Waals surface area contributed by atoms with Crippen LogP contribution in [0.5, 0.6) is 0 Å². The van der Waals surface area contributed by atoms with Crippen molar-refractivity contribution < 1.29 is 5.11 Å². The Kier molecular flexibility index (Phi) is 0.663. The minimum absolute atomic E-state index is 0.432. The predicted molar refractivity (Wildman–Crippen MR) is 31.4 cm³/mol. The van der Waals surface area contributed by atoms with Crippen LogP contribution < -0.4 is 0 Å². The highest BCUT2D eigenvalue weighted by Crippen LogP contribution is 2.68. The molecular weight excluding hydrogens is 100 g/mol.